The van der Waals surface area contributed by atoms with Crippen molar-refractivity contribution in [3.05, 3.63) is 35.9 Å². The summed E-state index contributed by atoms with van der Waals surface area (Å²) in [5, 5.41) is 11.8. The van der Waals surface area contributed by atoms with E-state index in [0.29, 0.717) is 0 Å². The van der Waals surface area contributed by atoms with Gasteiger partial charge in [0.1, 0.15) is 6.61 Å². The van der Waals surface area contributed by atoms with Gasteiger partial charge in [-0.1, -0.05) is 35.5 Å². The molecule has 0 aliphatic heterocycles. The van der Waals surface area contributed by atoms with Crippen LogP contribution in [0.3, 0.4) is 0 Å². The predicted octanol–water partition coefficient (Wildman–Crippen LogP) is 0.995. The van der Waals surface area contributed by atoms with Crippen molar-refractivity contribution in [3.8, 4) is 0 Å². The minimum absolute atomic E-state index is 0.0547. The number of hydrogen-bond donors (Lipinski definition) is 1. The molecular weight excluding hydrogens is 302 g/mol. The van der Waals surface area contributed by atoms with Crippen molar-refractivity contribution in [2.24, 2.45) is 5.16 Å². The number of halogens is 1. The lowest BCUT2D eigenvalue weighted by atomic mass is 10.2. The summed E-state index contributed by atoms with van der Waals surface area (Å²) < 4.78 is 4.87. The molecule has 0 radical (unpaired) electrons. The van der Waals surface area contributed by atoms with Gasteiger partial charge < -0.3 is 14.7 Å². The normalized spacial score (nSPS) is 10.8. The maximum Gasteiger partial charge on any atom is 0.361 e. The van der Waals surface area contributed by atoms with E-state index in [2.05, 4.69) is 9.99 Å². The van der Waals surface area contributed by atoms with Crippen molar-refractivity contribution in [2.75, 3.05) is 12.5 Å². The van der Waals surface area contributed by atoms with Crippen LogP contribution in [0.4, 0.5) is 0 Å². The van der Waals surface area contributed by atoms with E-state index in [1.54, 1.807) is 24.3 Å². The highest BCUT2D eigenvalue weighted by atomic mass is 35.5. The molecule has 0 aliphatic rings. The summed E-state index contributed by atoms with van der Waals surface area (Å²) in [6, 6.07) is 8.95. The molecule has 1 aromatic carbocycles. The summed E-state index contributed by atoms with van der Waals surface area (Å²) >= 11 is 5.21. The molecule has 0 saturated carbocycles. The van der Waals surface area contributed by atoms with Crippen LogP contribution in [0.25, 0.3) is 0 Å². The van der Waals surface area contributed by atoms with Gasteiger partial charge >= 0.3 is 11.9 Å². The average molecular weight is 314 g/mol. The smallest absolute Gasteiger partial charge is 0.361 e. The molecule has 0 bridgehead atoms. The Morgan fingerprint density at radius 1 is 1.19 bits per heavy atom. The monoisotopic (exact) mass is 313 g/mol. The van der Waals surface area contributed by atoms with Crippen LogP contribution >= 0.6 is 11.6 Å². The number of carboxylic acid groups (broad SMARTS) is 1. The van der Waals surface area contributed by atoms with Crippen LogP contribution in [0.15, 0.2) is 35.5 Å². The number of benzene rings is 1. The Labute approximate surface area is 125 Å². The Morgan fingerprint density at radius 3 is 2.43 bits per heavy atom. The third-order valence-electron chi connectivity index (χ3n) is 2.17. The number of ether oxygens (including phenoxy) is 1. The molecular formula is C13H12ClNO6. The lowest BCUT2D eigenvalue weighted by molar-refractivity contribution is -0.150. The maximum atomic E-state index is 11.3. The fourth-order valence-electron chi connectivity index (χ4n) is 1.20. The van der Waals surface area contributed by atoms with E-state index in [9.17, 15) is 14.4 Å². The number of ketones is 1. The van der Waals surface area contributed by atoms with Gasteiger partial charge in [-0.05, 0) is 5.56 Å². The van der Waals surface area contributed by atoms with Gasteiger partial charge in [-0.3, -0.25) is 4.79 Å². The molecule has 0 fully saturated rings. The molecule has 0 spiro atoms. The van der Waals surface area contributed by atoms with E-state index in [-0.39, 0.29) is 6.61 Å². The molecule has 21 heavy (non-hydrogen) atoms. The van der Waals surface area contributed by atoms with Gasteiger partial charge in [0.2, 0.25) is 18.1 Å². The van der Waals surface area contributed by atoms with Crippen molar-refractivity contribution in [1.29, 1.82) is 0 Å². The highest BCUT2D eigenvalue weighted by molar-refractivity contribution is 6.67. The van der Waals surface area contributed by atoms with E-state index in [0.717, 1.165) is 5.56 Å². The molecule has 0 saturated heterocycles. The quantitative estimate of drug-likeness (QED) is 0.252. The van der Waals surface area contributed by atoms with Crippen LogP contribution in [0, 0.1) is 0 Å². The van der Waals surface area contributed by atoms with Crippen molar-refractivity contribution in [3.63, 3.8) is 0 Å². The van der Waals surface area contributed by atoms with Crippen molar-refractivity contribution in [1.82, 2.24) is 0 Å². The minimum atomic E-state index is -1.58. The summed E-state index contributed by atoms with van der Waals surface area (Å²) in [7, 11) is 0. The molecule has 0 unspecified atom stereocenters. The Hall–Kier alpha value is -2.41. The lowest BCUT2D eigenvalue weighted by Crippen LogP contribution is -2.25. The number of nitrogens with zero attached hydrogens (tertiary/aromatic N) is 1. The van der Waals surface area contributed by atoms with Crippen LogP contribution in [-0.4, -0.2) is 41.0 Å². The molecule has 1 rings (SSSR count). The topological polar surface area (TPSA) is 102 Å². The van der Waals surface area contributed by atoms with Gasteiger partial charge in [0.05, 0.1) is 5.88 Å². The molecule has 0 aliphatic carbocycles. The van der Waals surface area contributed by atoms with Crippen molar-refractivity contribution < 1.29 is 29.1 Å². The number of carbonyl (C=O) groups is 3. The van der Waals surface area contributed by atoms with Crippen molar-refractivity contribution in [2.45, 2.75) is 6.61 Å². The molecule has 0 atom stereocenters. The van der Waals surface area contributed by atoms with E-state index in [1.165, 1.54) is 0 Å². The largest absolute Gasteiger partial charge is 0.476 e. The molecule has 1 N–H and O–H groups in total. The van der Waals surface area contributed by atoms with Gasteiger partial charge in [-0.15, -0.1) is 11.6 Å². The van der Waals surface area contributed by atoms with Crippen LogP contribution in [-0.2, 0) is 30.6 Å². The molecule has 0 amide bonds. The van der Waals surface area contributed by atoms with Gasteiger partial charge in [-0.25, -0.2) is 9.59 Å². The molecule has 0 heterocycles. The third-order valence-corrected chi connectivity index (χ3v) is 2.41. The highest BCUT2D eigenvalue weighted by Gasteiger charge is 2.19. The number of esters is 1. The first-order valence-corrected chi connectivity index (χ1v) is 6.30. The Bertz CT molecular complexity index is 543. The summed E-state index contributed by atoms with van der Waals surface area (Å²) in [6.45, 7) is -0.557. The van der Waals surface area contributed by atoms with E-state index < -0.39 is 35.9 Å². The zero-order valence-electron chi connectivity index (χ0n) is 10.8. The zero-order valence-corrected chi connectivity index (χ0v) is 11.6. The summed E-state index contributed by atoms with van der Waals surface area (Å²) in [6.07, 6.45) is 0. The number of carbonyl (C=O) groups excluding carboxylic acids is 2. The summed E-state index contributed by atoms with van der Waals surface area (Å²) in [5.74, 6) is -3.79. The predicted molar refractivity (Wildman–Crippen MR) is 73.0 cm³/mol. The Morgan fingerprint density at radius 2 is 1.86 bits per heavy atom. The molecule has 7 nitrogen and oxygen atoms in total. The molecule has 1 aromatic rings. The number of Topliss-reactive ketones (excluding diaryl/α,β-unsaturated/α-hetero) is 1. The first-order chi connectivity index (χ1) is 10.0. The standard InChI is InChI=1S/C13H12ClNO6/c14-6-10(16)12(13(18)19)15-21-8-11(17)20-7-9-4-2-1-3-5-9/h1-5H,6-8H2,(H,18,19)/b15-12-. The average Bonchev–Trinajstić information content (AvgIpc) is 2.49. The van der Waals surface area contributed by atoms with E-state index in [4.69, 9.17) is 21.4 Å². The second-order valence-electron chi connectivity index (χ2n) is 3.72. The number of carboxylic acids is 1. The third kappa shape index (κ3) is 6.05. The van der Waals surface area contributed by atoms with Gasteiger partial charge in [0.15, 0.2) is 0 Å². The second-order valence-corrected chi connectivity index (χ2v) is 3.99. The van der Waals surface area contributed by atoms with Crippen LogP contribution in [0.2, 0.25) is 0 Å². The minimum Gasteiger partial charge on any atom is -0.476 e. The number of aliphatic carboxylic acids is 1. The highest BCUT2D eigenvalue weighted by Crippen LogP contribution is 2.00. The van der Waals surface area contributed by atoms with Crippen LogP contribution in [0.5, 0.6) is 0 Å². The van der Waals surface area contributed by atoms with Crippen LogP contribution < -0.4 is 0 Å². The van der Waals surface area contributed by atoms with E-state index >= 15 is 0 Å². The summed E-state index contributed by atoms with van der Waals surface area (Å²) in [4.78, 5) is 37.6. The van der Waals surface area contributed by atoms with Gasteiger partial charge in [-0.2, -0.15) is 0 Å². The number of alkyl halides is 1. The second kappa shape index (κ2) is 8.70. The number of oxime groups is 1. The fraction of sp³-hybridized carbons (Fsp3) is 0.231. The van der Waals surface area contributed by atoms with E-state index in [1.807, 2.05) is 6.07 Å². The number of rotatable bonds is 8. The fourth-order valence-corrected chi connectivity index (χ4v) is 1.33. The first-order valence-electron chi connectivity index (χ1n) is 5.76. The molecule has 112 valence electrons. The van der Waals surface area contributed by atoms with Crippen LogP contribution in [0.1, 0.15) is 5.56 Å². The summed E-state index contributed by atoms with van der Waals surface area (Å²) in [5.41, 5.74) is -0.0845. The SMILES string of the molecule is O=C(CO/N=C(\C(=O)O)C(=O)CCl)OCc1ccccc1. The first kappa shape index (κ1) is 16.6. The zero-order chi connectivity index (χ0) is 15.7. The molecule has 8 heteroatoms. The Balaban J connectivity index is 2.42. The maximum absolute atomic E-state index is 11.3. The number of hydrogen-bond acceptors (Lipinski definition) is 6. The lowest BCUT2D eigenvalue weighted by Gasteiger charge is -2.04. The van der Waals surface area contributed by atoms with Crippen molar-refractivity contribution >= 4 is 35.0 Å². The Kier molecular flexibility index (Phi) is 6.90. The van der Waals surface area contributed by atoms with Gasteiger partial charge in [0.25, 0.3) is 0 Å². The molecule has 0 aromatic heterocycles. The van der Waals surface area contributed by atoms with Gasteiger partial charge in [0, 0.05) is 0 Å².